The lowest BCUT2D eigenvalue weighted by atomic mass is 9.92. The summed E-state index contributed by atoms with van der Waals surface area (Å²) in [7, 11) is 0. The van der Waals surface area contributed by atoms with Crippen molar-refractivity contribution in [1.82, 2.24) is 31.9 Å². The second-order valence-corrected chi connectivity index (χ2v) is 14.6. The summed E-state index contributed by atoms with van der Waals surface area (Å²) in [5.74, 6) is -1.02. The Labute approximate surface area is 311 Å². The Kier molecular flexibility index (Phi) is 10.8. The molecule has 252 valence electrons. The van der Waals surface area contributed by atoms with Gasteiger partial charge in [-0.15, -0.1) is 0 Å². The second-order valence-electron chi connectivity index (χ2n) is 12.4. The molecule has 5 aromatic rings. The summed E-state index contributed by atoms with van der Waals surface area (Å²) in [6.45, 7) is 1.18. The largest absolute Gasteiger partial charge is 0.303 e. The van der Waals surface area contributed by atoms with Crippen molar-refractivity contribution >= 4 is 58.0 Å². The van der Waals surface area contributed by atoms with Gasteiger partial charge >= 0.3 is 0 Å². The zero-order valence-electron chi connectivity index (χ0n) is 26.2. The Hall–Kier alpha value is -2.69. The van der Waals surface area contributed by atoms with Gasteiger partial charge < -0.3 is 5.32 Å². The van der Waals surface area contributed by atoms with Crippen molar-refractivity contribution in [3.05, 3.63) is 174 Å². The summed E-state index contributed by atoms with van der Waals surface area (Å²) < 4.78 is 0. The zero-order valence-corrected chi connectivity index (χ0v) is 30.0. The molecule has 7 rings (SSSR count). The molecule has 11 heteroatoms. The first-order valence-corrected chi connectivity index (χ1v) is 18.0. The van der Waals surface area contributed by atoms with Crippen molar-refractivity contribution < 1.29 is 0 Å². The normalized spacial score (nSPS) is 26.1. The van der Waals surface area contributed by atoms with E-state index < -0.39 is 5.91 Å². The number of nitrogens with one attached hydrogen (secondary N) is 6. The quantitative estimate of drug-likeness (QED) is 0.108. The SMILES string of the molecule is Clc1ccc(C2CNCNC(c3ccc(Cl)cc3)[C@H](c3ccc(Cl)cc3)NC3(N2)NC(c2ccc(Cl)cc2)[C@H](c2ccc(Cl)cc2)N3)cc1. The Morgan fingerprint density at radius 3 is 1.06 bits per heavy atom. The van der Waals surface area contributed by atoms with Gasteiger partial charge in [-0.3, -0.25) is 26.6 Å². The predicted octanol–water partition coefficient (Wildman–Crippen LogP) is 9.09. The van der Waals surface area contributed by atoms with Gasteiger partial charge in [-0.05, 0) is 88.5 Å². The van der Waals surface area contributed by atoms with E-state index in [1.807, 2.05) is 60.7 Å². The topological polar surface area (TPSA) is 72.2 Å². The first-order chi connectivity index (χ1) is 23.7. The number of hydrogen-bond donors (Lipinski definition) is 6. The summed E-state index contributed by atoms with van der Waals surface area (Å²) in [6.07, 6.45) is 0. The van der Waals surface area contributed by atoms with Crippen LogP contribution in [0.3, 0.4) is 0 Å². The maximum atomic E-state index is 6.42. The average molecular weight is 753 g/mol. The molecule has 5 aromatic carbocycles. The molecule has 2 aliphatic heterocycles. The van der Waals surface area contributed by atoms with Gasteiger partial charge in [0.2, 0.25) is 0 Å². The molecule has 2 fully saturated rings. The molecule has 0 bridgehead atoms. The number of halogens is 5. The van der Waals surface area contributed by atoms with E-state index in [0.29, 0.717) is 38.3 Å². The standard InChI is InChI=1S/C38H35Cl5N6/c39-28-11-1-23(2-12-28)33-21-44-22-45-34(24-3-13-29(40)14-4-24)35(25-5-15-30(41)16-6-25)47-38(46-33)48-36(26-7-17-31(42)18-8-26)37(49-38)27-9-19-32(43)20-10-27/h1-20,33-37,44-49H,21-22H2/t33?,34?,35-,36-,37?,38?/m0/s1. The summed E-state index contributed by atoms with van der Waals surface area (Å²) >= 11 is 31.8. The first-order valence-electron chi connectivity index (χ1n) is 16.1. The molecule has 1 spiro atoms. The Morgan fingerprint density at radius 2 is 0.694 bits per heavy atom. The van der Waals surface area contributed by atoms with Crippen molar-refractivity contribution in [3.8, 4) is 0 Å². The molecule has 6 N–H and O–H groups in total. The fourth-order valence-electron chi connectivity index (χ4n) is 6.74. The Morgan fingerprint density at radius 1 is 0.388 bits per heavy atom. The molecule has 4 unspecified atom stereocenters. The van der Waals surface area contributed by atoms with Gasteiger partial charge in [0.05, 0.1) is 24.2 Å². The van der Waals surface area contributed by atoms with Gasteiger partial charge in [0.15, 0.2) is 5.91 Å². The van der Waals surface area contributed by atoms with E-state index in [0.717, 1.165) is 27.8 Å². The average Bonchev–Trinajstić information content (AvgIpc) is 3.48. The highest BCUT2D eigenvalue weighted by Crippen LogP contribution is 2.40. The number of benzene rings is 5. The number of rotatable bonds is 5. The third-order valence-electron chi connectivity index (χ3n) is 9.16. The minimum Gasteiger partial charge on any atom is -0.303 e. The van der Waals surface area contributed by atoms with Crippen LogP contribution in [-0.2, 0) is 0 Å². The van der Waals surface area contributed by atoms with Crippen molar-refractivity contribution in [2.24, 2.45) is 0 Å². The maximum Gasteiger partial charge on any atom is 0.183 e. The van der Waals surface area contributed by atoms with E-state index in [1.54, 1.807) is 0 Å². The first kappa shape index (κ1) is 34.7. The maximum absolute atomic E-state index is 6.42. The van der Waals surface area contributed by atoms with Crippen LogP contribution in [0.2, 0.25) is 25.1 Å². The molecular formula is C38H35Cl5N6. The van der Waals surface area contributed by atoms with Gasteiger partial charge in [0, 0.05) is 44.4 Å². The lowest BCUT2D eigenvalue weighted by molar-refractivity contribution is 0.123. The van der Waals surface area contributed by atoms with E-state index in [2.05, 4.69) is 92.6 Å². The van der Waals surface area contributed by atoms with Gasteiger partial charge in [-0.1, -0.05) is 119 Å². The van der Waals surface area contributed by atoms with Crippen molar-refractivity contribution in [1.29, 1.82) is 0 Å². The summed E-state index contributed by atoms with van der Waals surface area (Å²) in [6, 6.07) is 39.0. The van der Waals surface area contributed by atoms with Crippen LogP contribution in [0.1, 0.15) is 58.0 Å². The zero-order chi connectivity index (χ0) is 34.0. The third kappa shape index (κ3) is 8.12. The van der Waals surface area contributed by atoms with Crippen molar-refractivity contribution in [2.45, 2.75) is 36.1 Å². The van der Waals surface area contributed by atoms with Crippen LogP contribution in [0, 0.1) is 0 Å². The van der Waals surface area contributed by atoms with E-state index in [1.165, 1.54) is 0 Å². The molecule has 0 aliphatic carbocycles. The monoisotopic (exact) mass is 750 g/mol. The van der Waals surface area contributed by atoms with Crippen LogP contribution in [-0.4, -0.2) is 19.1 Å². The predicted molar refractivity (Wildman–Crippen MR) is 202 cm³/mol. The molecule has 0 aromatic heterocycles. The number of hydrogen-bond acceptors (Lipinski definition) is 6. The lowest BCUT2D eigenvalue weighted by Crippen LogP contribution is -2.73. The van der Waals surface area contributed by atoms with Crippen LogP contribution >= 0.6 is 58.0 Å². The summed E-state index contributed by atoms with van der Waals surface area (Å²) in [5.41, 5.74) is 5.35. The minimum atomic E-state index is -1.02. The second kappa shape index (κ2) is 15.3. The fraction of sp³-hybridized carbons (Fsp3) is 0.211. The van der Waals surface area contributed by atoms with E-state index >= 15 is 0 Å². The van der Waals surface area contributed by atoms with Gasteiger partial charge in [0.1, 0.15) is 0 Å². The molecule has 0 amide bonds. The molecular weight excluding hydrogens is 718 g/mol. The minimum absolute atomic E-state index is 0.139. The molecule has 49 heavy (non-hydrogen) atoms. The molecule has 2 saturated heterocycles. The molecule has 6 atom stereocenters. The Bertz CT molecular complexity index is 1780. The van der Waals surface area contributed by atoms with E-state index in [-0.39, 0.29) is 30.2 Å². The van der Waals surface area contributed by atoms with E-state index in [9.17, 15) is 0 Å². The highest BCUT2D eigenvalue weighted by Gasteiger charge is 2.49. The Balaban J connectivity index is 1.38. The highest BCUT2D eigenvalue weighted by molar-refractivity contribution is 6.31. The van der Waals surface area contributed by atoms with Crippen LogP contribution in [0.25, 0.3) is 0 Å². The van der Waals surface area contributed by atoms with Gasteiger partial charge in [-0.25, -0.2) is 0 Å². The lowest BCUT2D eigenvalue weighted by Gasteiger charge is -2.43. The molecule has 0 saturated carbocycles. The molecule has 2 aliphatic rings. The smallest absolute Gasteiger partial charge is 0.183 e. The van der Waals surface area contributed by atoms with Crippen molar-refractivity contribution in [2.75, 3.05) is 13.2 Å². The molecule has 0 radical (unpaired) electrons. The van der Waals surface area contributed by atoms with Crippen LogP contribution in [0.15, 0.2) is 121 Å². The van der Waals surface area contributed by atoms with Gasteiger partial charge in [-0.2, -0.15) is 0 Å². The van der Waals surface area contributed by atoms with Crippen molar-refractivity contribution in [3.63, 3.8) is 0 Å². The summed E-state index contributed by atoms with van der Waals surface area (Å²) in [5, 5.41) is 26.8. The van der Waals surface area contributed by atoms with E-state index in [4.69, 9.17) is 58.0 Å². The third-order valence-corrected chi connectivity index (χ3v) is 10.4. The fourth-order valence-corrected chi connectivity index (χ4v) is 7.37. The molecule has 2 heterocycles. The van der Waals surface area contributed by atoms with Gasteiger partial charge in [0.25, 0.3) is 0 Å². The van der Waals surface area contributed by atoms with Crippen LogP contribution < -0.4 is 31.9 Å². The van der Waals surface area contributed by atoms with Crippen LogP contribution in [0.4, 0.5) is 0 Å². The molecule has 6 nitrogen and oxygen atoms in total. The van der Waals surface area contributed by atoms with Crippen LogP contribution in [0.5, 0.6) is 0 Å². The summed E-state index contributed by atoms with van der Waals surface area (Å²) in [4.78, 5) is 0. The highest BCUT2D eigenvalue weighted by atomic mass is 35.5.